The molecule has 1 aromatic carbocycles. The minimum atomic E-state index is -0.263. The normalized spacial score (nSPS) is 15.9. The average molecular weight is 471 g/mol. The second-order valence-corrected chi connectivity index (χ2v) is 10.3. The predicted molar refractivity (Wildman–Crippen MR) is 128 cm³/mol. The first-order chi connectivity index (χ1) is 15.6. The van der Waals surface area contributed by atoms with Crippen molar-refractivity contribution in [3.8, 4) is 5.75 Å². The number of nitrogens with zero attached hydrogens (tertiary/aromatic N) is 3. The van der Waals surface area contributed by atoms with Crippen molar-refractivity contribution in [3.63, 3.8) is 0 Å². The van der Waals surface area contributed by atoms with Crippen molar-refractivity contribution in [2.24, 2.45) is 11.3 Å². The maximum absolute atomic E-state index is 13.2. The van der Waals surface area contributed by atoms with Crippen molar-refractivity contribution >= 4 is 23.2 Å². The summed E-state index contributed by atoms with van der Waals surface area (Å²) >= 11 is 6.18. The second kappa shape index (κ2) is 8.86. The number of benzene rings is 1. The van der Waals surface area contributed by atoms with Crippen LogP contribution in [0.3, 0.4) is 0 Å². The lowest BCUT2D eigenvalue weighted by Crippen LogP contribution is -2.27. The van der Waals surface area contributed by atoms with Crippen molar-refractivity contribution in [3.05, 3.63) is 57.2 Å². The molecule has 4 rings (SSSR count). The molecule has 0 radical (unpaired) electrons. The Kier molecular flexibility index (Phi) is 6.27. The topological polar surface area (TPSA) is 82.2 Å². The lowest BCUT2D eigenvalue weighted by molar-refractivity contribution is 0.101. The molecule has 8 heteroatoms. The maximum atomic E-state index is 13.2. The fourth-order valence-electron chi connectivity index (χ4n) is 4.56. The maximum Gasteiger partial charge on any atom is 0.278 e. The molecule has 1 amide bonds. The first kappa shape index (κ1) is 23.4. The minimum absolute atomic E-state index is 0.165. The van der Waals surface area contributed by atoms with E-state index in [1.54, 1.807) is 13.2 Å². The number of fused-ring (bicyclic) bond motifs is 1. The van der Waals surface area contributed by atoms with Crippen molar-refractivity contribution < 1.29 is 14.1 Å². The number of aromatic nitrogens is 3. The van der Waals surface area contributed by atoms with Gasteiger partial charge in [-0.1, -0.05) is 37.5 Å². The van der Waals surface area contributed by atoms with Crippen molar-refractivity contribution in [2.45, 2.75) is 60.4 Å². The molecule has 1 aliphatic carbocycles. The Morgan fingerprint density at radius 3 is 2.79 bits per heavy atom. The highest BCUT2D eigenvalue weighted by atomic mass is 35.5. The third kappa shape index (κ3) is 4.64. The van der Waals surface area contributed by atoms with Crippen LogP contribution >= 0.6 is 11.6 Å². The Balaban J connectivity index is 1.57. The van der Waals surface area contributed by atoms with Gasteiger partial charge in [-0.05, 0) is 56.2 Å². The van der Waals surface area contributed by atoms with Crippen molar-refractivity contribution in [2.75, 3.05) is 12.4 Å². The number of hydrogen-bond donors (Lipinski definition) is 1. The van der Waals surface area contributed by atoms with E-state index in [2.05, 4.69) is 36.3 Å². The molecule has 0 spiro atoms. The third-order valence-corrected chi connectivity index (χ3v) is 6.90. The molecule has 0 saturated carbocycles. The van der Waals surface area contributed by atoms with Crippen molar-refractivity contribution in [1.82, 2.24) is 14.9 Å². The molecule has 1 unspecified atom stereocenters. The van der Waals surface area contributed by atoms with Gasteiger partial charge < -0.3 is 14.6 Å². The molecule has 0 saturated heterocycles. The Morgan fingerprint density at radius 1 is 1.33 bits per heavy atom. The number of ether oxygens (including phenoxy) is 1. The molecule has 0 aliphatic heterocycles. The molecule has 176 valence electrons. The standard InChI is InChI=1S/C25H31ClN4O3/c1-14-22(15(2)30(28-14)13-16-11-18(26)8-10-20(16)32-6)27-24(31)23-19-12-17(25(3,4)5)7-9-21(19)33-29-23/h8,10-11,17H,7,9,12-13H2,1-6H3,(H,27,31). The molecule has 2 aromatic heterocycles. The van der Waals surface area contributed by atoms with E-state index in [1.165, 1.54) is 0 Å². The van der Waals surface area contributed by atoms with Gasteiger partial charge in [-0.3, -0.25) is 9.48 Å². The molecule has 2 heterocycles. The number of amides is 1. The van der Waals surface area contributed by atoms with Crippen LogP contribution in [0.25, 0.3) is 0 Å². The summed E-state index contributed by atoms with van der Waals surface area (Å²) in [5.74, 6) is 1.79. The Morgan fingerprint density at radius 2 is 2.09 bits per heavy atom. The van der Waals surface area contributed by atoms with Crippen LogP contribution in [0, 0.1) is 25.2 Å². The van der Waals surface area contributed by atoms with Crippen LogP contribution < -0.4 is 10.1 Å². The van der Waals surface area contributed by atoms with E-state index < -0.39 is 0 Å². The smallest absolute Gasteiger partial charge is 0.278 e. The molecule has 1 aliphatic rings. The summed E-state index contributed by atoms with van der Waals surface area (Å²) in [6.07, 6.45) is 2.66. The zero-order chi connectivity index (χ0) is 23.9. The van der Waals surface area contributed by atoms with Crippen LogP contribution in [0.4, 0.5) is 5.69 Å². The molecule has 1 atom stereocenters. The number of carbonyl (C=O) groups excluding carboxylic acids is 1. The van der Waals surface area contributed by atoms with Crippen LogP contribution in [0.2, 0.25) is 5.02 Å². The molecule has 1 N–H and O–H groups in total. The lowest BCUT2D eigenvalue weighted by Gasteiger charge is -2.33. The number of nitrogens with one attached hydrogen (secondary N) is 1. The first-order valence-electron chi connectivity index (χ1n) is 11.2. The highest BCUT2D eigenvalue weighted by Crippen LogP contribution is 2.38. The lowest BCUT2D eigenvalue weighted by atomic mass is 9.71. The molecule has 7 nitrogen and oxygen atoms in total. The van der Waals surface area contributed by atoms with Crippen LogP contribution in [0.5, 0.6) is 5.75 Å². The largest absolute Gasteiger partial charge is 0.496 e. The van der Waals surface area contributed by atoms with Gasteiger partial charge in [0.15, 0.2) is 5.69 Å². The van der Waals surface area contributed by atoms with Crippen LogP contribution in [-0.2, 0) is 19.4 Å². The van der Waals surface area contributed by atoms with Crippen LogP contribution in [0.15, 0.2) is 22.7 Å². The summed E-state index contributed by atoms with van der Waals surface area (Å²) in [5.41, 5.74) is 4.64. The Bertz CT molecular complexity index is 1190. The predicted octanol–water partition coefficient (Wildman–Crippen LogP) is 5.60. The molecule has 0 bridgehead atoms. The average Bonchev–Trinajstić information content (AvgIpc) is 3.29. The molecule has 0 fully saturated rings. The van der Waals surface area contributed by atoms with Gasteiger partial charge in [0.1, 0.15) is 11.5 Å². The van der Waals surface area contributed by atoms with E-state index >= 15 is 0 Å². The van der Waals surface area contributed by atoms with Gasteiger partial charge in [0.25, 0.3) is 5.91 Å². The number of aryl methyl sites for hydroxylation is 2. The summed E-state index contributed by atoms with van der Waals surface area (Å²) < 4.78 is 12.8. The van der Waals surface area contributed by atoms with Gasteiger partial charge in [-0.2, -0.15) is 5.10 Å². The minimum Gasteiger partial charge on any atom is -0.496 e. The third-order valence-electron chi connectivity index (χ3n) is 6.66. The number of carbonyl (C=O) groups is 1. The Labute approximate surface area is 199 Å². The molecular weight excluding hydrogens is 440 g/mol. The second-order valence-electron chi connectivity index (χ2n) is 9.85. The van der Waals surface area contributed by atoms with Gasteiger partial charge in [0.05, 0.1) is 30.7 Å². The van der Waals surface area contributed by atoms with Crippen molar-refractivity contribution in [1.29, 1.82) is 0 Å². The molecule has 33 heavy (non-hydrogen) atoms. The highest BCUT2D eigenvalue weighted by Gasteiger charge is 2.34. The quantitative estimate of drug-likeness (QED) is 0.524. The monoisotopic (exact) mass is 470 g/mol. The van der Waals surface area contributed by atoms with Gasteiger partial charge in [0, 0.05) is 22.6 Å². The summed E-state index contributed by atoms with van der Waals surface area (Å²) in [7, 11) is 1.63. The number of methoxy groups -OCH3 is 1. The summed E-state index contributed by atoms with van der Waals surface area (Å²) in [6, 6.07) is 5.49. The highest BCUT2D eigenvalue weighted by molar-refractivity contribution is 6.30. The van der Waals surface area contributed by atoms with Gasteiger partial charge in [0.2, 0.25) is 0 Å². The summed E-state index contributed by atoms with van der Waals surface area (Å²) in [5, 5.41) is 12.4. The number of halogens is 1. The molecular formula is C25H31ClN4O3. The zero-order valence-electron chi connectivity index (χ0n) is 20.1. The SMILES string of the molecule is COc1ccc(Cl)cc1Cn1nc(C)c(NC(=O)c2noc3c2CC(C(C)(C)C)CC3)c1C. The van der Waals surface area contributed by atoms with Gasteiger partial charge in [-0.15, -0.1) is 0 Å². The summed E-state index contributed by atoms with van der Waals surface area (Å²) in [6.45, 7) is 11.0. The van der Waals surface area contributed by atoms with Gasteiger partial charge >= 0.3 is 0 Å². The number of hydrogen-bond acceptors (Lipinski definition) is 5. The fraction of sp³-hybridized carbons (Fsp3) is 0.480. The number of anilines is 1. The van der Waals surface area contributed by atoms with E-state index in [4.69, 9.17) is 20.9 Å². The van der Waals surface area contributed by atoms with Crippen LogP contribution in [0.1, 0.15) is 66.0 Å². The van der Waals surface area contributed by atoms with Gasteiger partial charge in [-0.25, -0.2) is 0 Å². The van der Waals surface area contributed by atoms with E-state index in [0.29, 0.717) is 28.9 Å². The summed E-state index contributed by atoms with van der Waals surface area (Å²) in [4.78, 5) is 13.2. The number of rotatable bonds is 5. The van der Waals surface area contributed by atoms with E-state index in [0.717, 1.165) is 53.3 Å². The van der Waals surface area contributed by atoms with Crippen LogP contribution in [-0.4, -0.2) is 28.0 Å². The first-order valence-corrected chi connectivity index (χ1v) is 11.6. The van der Waals surface area contributed by atoms with E-state index in [-0.39, 0.29) is 11.3 Å². The molecule has 3 aromatic rings. The fourth-order valence-corrected chi connectivity index (χ4v) is 4.75. The zero-order valence-corrected chi connectivity index (χ0v) is 20.8. The van der Waals surface area contributed by atoms with E-state index in [9.17, 15) is 4.79 Å². The Hall–Kier alpha value is -2.80. The van der Waals surface area contributed by atoms with E-state index in [1.807, 2.05) is 30.7 Å².